The van der Waals surface area contributed by atoms with E-state index in [-0.39, 0.29) is 17.7 Å². The number of amides is 2. The molecule has 0 bridgehead atoms. The second kappa shape index (κ2) is 6.72. The Morgan fingerprint density at radius 1 is 1.24 bits per heavy atom. The Morgan fingerprint density at radius 2 is 2.00 bits per heavy atom. The minimum atomic E-state index is -0.301. The number of rotatable bonds is 4. The normalized spacial score (nSPS) is 16.2. The molecule has 2 heterocycles. The van der Waals surface area contributed by atoms with E-state index in [9.17, 15) is 9.59 Å². The van der Waals surface area contributed by atoms with Crippen molar-refractivity contribution in [1.82, 2.24) is 24.8 Å². The molecule has 1 fully saturated rings. The second-order valence-corrected chi connectivity index (χ2v) is 7.15. The largest absolute Gasteiger partial charge is 0.382 e. The van der Waals surface area contributed by atoms with Crippen LogP contribution in [0.1, 0.15) is 16.8 Å². The number of carbonyl (C=O) groups is 2. The van der Waals surface area contributed by atoms with Crippen molar-refractivity contribution in [1.29, 1.82) is 0 Å². The molecule has 1 aliphatic rings. The van der Waals surface area contributed by atoms with Gasteiger partial charge in [-0.1, -0.05) is 22.9 Å². The van der Waals surface area contributed by atoms with Crippen molar-refractivity contribution in [3.8, 4) is 5.69 Å². The number of benzene rings is 1. The van der Waals surface area contributed by atoms with E-state index >= 15 is 0 Å². The van der Waals surface area contributed by atoms with Gasteiger partial charge in [0.05, 0.1) is 23.3 Å². The lowest BCUT2D eigenvalue weighted by atomic mass is 10.1. The van der Waals surface area contributed by atoms with Crippen LogP contribution in [0.15, 0.2) is 35.5 Å². The summed E-state index contributed by atoms with van der Waals surface area (Å²) in [6.45, 7) is 4.15. The molecule has 1 saturated heterocycles. The molecule has 2 aromatic rings. The third-order valence-corrected chi connectivity index (χ3v) is 4.60. The van der Waals surface area contributed by atoms with Crippen LogP contribution in [-0.2, 0) is 11.3 Å². The number of nitrogens with zero attached hydrogens (tertiary/aromatic N) is 5. The Kier molecular flexibility index (Phi) is 4.63. The van der Waals surface area contributed by atoms with Crippen LogP contribution in [-0.4, -0.2) is 50.0 Å². The lowest BCUT2D eigenvalue weighted by Crippen LogP contribution is -2.28. The van der Waals surface area contributed by atoms with Gasteiger partial charge in [-0.25, -0.2) is 4.68 Å². The molecule has 0 spiro atoms. The van der Waals surface area contributed by atoms with Crippen molar-refractivity contribution >= 4 is 22.9 Å². The van der Waals surface area contributed by atoms with Crippen LogP contribution in [0.3, 0.4) is 0 Å². The maximum absolute atomic E-state index is 12.4. The standard InChI is InChI=1S/C17H19N5O2S/c1-11-5-6-14(12(2)7-11)22-9-13(18-19-22)8-21-16(23)15(10-20(3)4)25-17(21)24/h5-7,9-10H,8H2,1-4H3/b15-10-. The fourth-order valence-corrected chi connectivity index (χ4v) is 3.48. The Balaban J connectivity index is 1.80. The van der Waals surface area contributed by atoms with E-state index in [1.54, 1.807) is 22.0 Å². The quantitative estimate of drug-likeness (QED) is 0.783. The molecular weight excluding hydrogens is 338 g/mol. The summed E-state index contributed by atoms with van der Waals surface area (Å²) >= 11 is 0.938. The van der Waals surface area contributed by atoms with Crippen LogP contribution >= 0.6 is 11.8 Å². The van der Waals surface area contributed by atoms with Gasteiger partial charge in [0.15, 0.2) is 0 Å². The van der Waals surface area contributed by atoms with Crippen molar-refractivity contribution in [2.45, 2.75) is 20.4 Å². The van der Waals surface area contributed by atoms with Crippen LogP contribution in [0.4, 0.5) is 4.79 Å². The van der Waals surface area contributed by atoms with Gasteiger partial charge in [0.1, 0.15) is 5.69 Å². The van der Waals surface area contributed by atoms with Gasteiger partial charge in [-0.2, -0.15) is 0 Å². The van der Waals surface area contributed by atoms with Gasteiger partial charge >= 0.3 is 0 Å². The topological polar surface area (TPSA) is 71.3 Å². The maximum atomic E-state index is 12.4. The summed E-state index contributed by atoms with van der Waals surface area (Å²) in [4.78, 5) is 27.8. The summed E-state index contributed by atoms with van der Waals surface area (Å²) in [6.07, 6.45) is 3.40. The lowest BCUT2D eigenvalue weighted by molar-refractivity contribution is -0.123. The van der Waals surface area contributed by atoms with Crippen LogP contribution in [0.25, 0.3) is 5.69 Å². The third-order valence-electron chi connectivity index (χ3n) is 3.71. The first-order valence-corrected chi connectivity index (χ1v) is 8.57. The molecule has 1 aromatic heterocycles. The second-order valence-electron chi connectivity index (χ2n) is 6.16. The van der Waals surface area contributed by atoms with E-state index in [2.05, 4.69) is 16.4 Å². The Labute approximate surface area is 150 Å². The van der Waals surface area contributed by atoms with Gasteiger partial charge in [-0.05, 0) is 37.2 Å². The molecule has 7 nitrogen and oxygen atoms in total. The first-order chi connectivity index (χ1) is 11.8. The van der Waals surface area contributed by atoms with E-state index in [0.29, 0.717) is 10.6 Å². The fraction of sp³-hybridized carbons (Fsp3) is 0.294. The Morgan fingerprint density at radius 3 is 2.68 bits per heavy atom. The summed E-state index contributed by atoms with van der Waals surface area (Å²) in [7, 11) is 3.62. The molecule has 0 unspecified atom stereocenters. The number of aryl methyl sites for hydroxylation is 2. The zero-order valence-electron chi connectivity index (χ0n) is 14.6. The minimum Gasteiger partial charge on any atom is -0.382 e. The van der Waals surface area contributed by atoms with Crippen LogP contribution in [0.5, 0.6) is 0 Å². The van der Waals surface area contributed by atoms with E-state index in [1.807, 2.05) is 40.1 Å². The first kappa shape index (κ1) is 17.2. The van der Waals surface area contributed by atoms with Crippen molar-refractivity contribution in [2.24, 2.45) is 0 Å². The molecule has 0 saturated carbocycles. The average molecular weight is 357 g/mol. The highest BCUT2D eigenvalue weighted by Gasteiger charge is 2.35. The highest BCUT2D eigenvalue weighted by molar-refractivity contribution is 8.18. The SMILES string of the molecule is Cc1ccc(-n2cc(CN3C(=O)S/C(=C\N(C)C)C3=O)nn2)c(C)c1. The predicted octanol–water partition coefficient (Wildman–Crippen LogP) is 2.48. The van der Waals surface area contributed by atoms with Crippen molar-refractivity contribution < 1.29 is 9.59 Å². The van der Waals surface area contributed by atoms with Gasteiger partial charge < -0.3 is 4.90 Å². The number of hydrogen-bond acceptors (Lipinski definition) is 6. The summed E-state index contributed by atoms with van der Waals surface area (Å²) in [5, 5.41) is 7.93. The van der Waals surface area contributed by atoms with Crippen LogP contribution < -0.4 is 0 Å². The van der Waals surface area contributed by atoms with Crippen molar-refractivity contribution in [3.05, 3.63) is 52.3 Å². The fourth-order valence-electron chi connectivity index (χ4n) is 2.57. The number of hydrogen-bond donors (Lipinski definition) is 0. The maximum Gasteiger partial charge on any atom is 0.293 e. The Hall–Kier alpha value is -2.61. The zero-order valence-corrected chi connectivity index (χ0v) is 15.4. The monoisotopic (exact) mass is 357 g/mol. The van der Waals surface area contributed by atoms with E-state index in [1.165, 1.54) is 10.5 Å². The highest BCUT2D eigenvalue weighted by atomic mass is 32.2. The van der Waals surface area contributed by atoms with Gasteiger partial charge in [-0.15, -0.1) is 5.10 Å². The third kappa shape index (κ3) is 3.58. The summed E-state index contributed by atoms with van der Waals surface area (Å²) in [6, 6.07) is 6.05. The van der Waals surface area contributed by atoms with Gasteiger partial charge in [-0.3, -0.25) is 14.5 Å². The minimum absolute atomic E-state index is 0.111. The molecule has 0 radical (unpaired) electrons. The van der Waals surface area contributed by atoms with Gasteiger partial charge in [0.2, 0.25) is 0 Å². The van der Waals surface area contributed by atoms with Gasteiger partial charge in [0, 0.05) is 20.3 Å². The zero-order chi connectivity index (χ0) is 18.1. The molecule has 0 N–H and O–H groups in total. The summed E-state index contributed by atoms with van der Waals surface area (Å²) in [5.74, 6) is -0.301. The smallest absolute Gasteiger partial charge is 0.293 e. The number of imide groups is 1. The van der Waals surface area contributed by atoms with Crippen LogP contribution in [0, 0.1) is 13.8 Å². The molecule has 130 valence electrons. The lowest BCUT2D eigenvalue weighted by Gasteiger charge is -2.10. The first-order valence-electron chi connectivity index (χ1n) is 7.76. The predicted molar refractivity (Wildman–Crippen MR) is 96.1 cm³/mol. The molecule has 8 heteroatoms. The molecular formula is C17H19N5O2S. The van der Waals surface area contributed by atoms with Crippen molar-refractivity contribution in [2.75, 3.05) is 14.1 Å². The molecule has 0 atom stereocenters. The average Bonchev–Trinajstić information content (AvgIpc) is 3.08. The molecule has 1 aromatic carbocycles. The molecule has 1 aliphatic heterocycles. The Bertz CT molecular complexity index is 872. The molecule has 2 amide bonds. The molecule has 0 aliphatic carbocycles. The summed E-state index contributed by atoms with van der Waals surface area (Å²) in [5.41, 5.74) is 3.74. The van der Waals surface area contributed by atoms with E-state index < -0.39 is 0 Å². The number of carbonyl (C=O) groups excluding carboxylic acids is 2. The van der Waals surface area contributed by atoms with Crippen LogP contribution in [0.2, 0.25) is 0 Å². The number of aromatic nitrogens is 3. The highest BCUT2D eigenvalue weighted by Crippen LogP contribution is 2.31. The molecule has 3 rings (SSSR count). The van der Waals surface area contributed by atoms with Crippen molar-refractivity contribution in [3.63, 3.8) is 0 Å². The van der Waals surface area contributed by atoms with Gasteiger partial charge in [0.25, 0.3) is 11.1 Å². The van der Waals surface area contributed by atoms with E-state index in [4.69, 9.17) is 0 Å². The summed E-state index contributed by atoms with van der Waals surface area (Å²) < 4.78 is 1.67. The number of thioether (sulfide) groups is 1. The van der Waals surface area contributed by atoms with E-state index in [0.717, 1.165) is 23.0 Å². The molecule has 25 heavy (non-hydrogen) atoms.